The number of rotatable bonds is 6. The van der Waals surface area contributed by atoms with Crippen LogP contribution in [0.15, 0.2) is 0 Å². The molecule has 3 N–H and O–H groups in total. The lowest BCUT2D eigenvalue weighted by Gasteiger charge is -2.31. The predicted molar refractivity (Wildman–Crippen MR) is 66.2 cm³/mol. The van der Waals surface area contributed by atoms with Gasteiger partial charge in [-0.2, -0.15) is 0 Å². The summed E-state index contributed by atoms with van der Waals surface area (Å²) >= 11 is 0. The first-order valence-electron chi connectivity index (χ1n) is 5.60. The van der Waals surface area contributed by atoms with Crippen LogP contribution in [0.25, 0.3) is 0 Å². The van der Waals surface area contributed by atoms with Crippen molar-refractivity contribution in [2.24, 2.45) is 0 Å². The molecule has 0 aromatic carbocycles. The van der Waals surface area contributed by atoms with Gasteiger partial charge >= 0.3 is 5.97 Å². The molecule has 0 aliphatic rings. The zero-order valence-corrected chi connectivity index (χ0v) is 11.4. The molecular formula is C11H19N3O5. The molecule has 0 aromatic rings. The van der Waals surface area contributed by atoms with Gasteiger partial charge in [-0.3, -0.25) is 14.4 Å². The van der Waals surface area contributed by atoms with Crippen molar-refractivity contribution in [3.63, 3.8) is 0 Å². The minimum Gasteiger partial charge on any atom is -0.480 e. The maximum Gasteiger partial charge on any atom is 0.329 e. The SMILES string of the molecule is CC(=O)NCC(=O)NCC(=O)N(C)C(C)(C)C(=O)O. The molecule has 0 rings (SSSR count). The van der Waals surface area contributed by atoms with Gasteiger partial charge in [-0.1, -0.05) is 0 Å². The first kappa shape index (κ1) is 16.9. The lowest BCUT2D eigenvalue weighted by molar-refractivity contribution is -0.155. The van der Waals surface area contributed by atoms with E-state index >= 15 is 0 Å². The van der Waals surface area contributed by atoms with E-state index in [0.717, 1.165) is 4.90 Å². The summed E-state index contributed by atoms with van der Waals surface area (Å²) in [5, 5.41) is 13.5. The summed E-state index contributed by atoms with van der Waals surface area (Å²) in [6, 6.07) is 0. The monoisotopic (exact) mass is 273 g/mol. The first-order valence-corrected chi connectivity index (χ1v) is 5.60. The van der Waals surface area contributed by atoms with Crippen LogP contribution in [0, 0.1) is 0 Å². The van der Waals surface area contributed by atoms with E-state index < -0.39 is 23.3 Å². The molecule has 0 aliphatic carbocycles. The lowest BCUT2D eigenvalue weighted by atomic mass is 10.0. The highest BCUT2D eigenvalue weighted by molar-refractivity contribution is 5.90. The molecular weight excluding hydrogens is 254 g/mol. The van der Waals surface area contributed by atoms with Crippen LogP contribution in [0.4, 0.5) is 0 Å². The molecule has 0 unspecified atom stereocenters. The average Bonchev–Trinajstić information content (AvgIpc) is 2.31. The van der Waals surface area contributed by atoms with Crippen LogP contribution >= 0.6 is 0 Å². The highest BCUT2D eigenvalue weighted by Gasteiger charge is 2.34. The second-order valence-corrected chi connectivity index (χ2v) is 4.50. The second kappa shape index (κ2) is 6.72. The maximum absolute atomic E-state index is 11.7. The standard InChI is InChI=1S/C11H19N3O5/c1-7(15)12-5-8(16)13-6-9(17)14(4)11(2,3)10(18)19/h5-6H2,1-4H3,(H,12,15)(H,13,16)(H,18,19). The fraction of sp³-hybridized carbons (Fsp3) is 0.636. The molecule has 0 aliphatic heterocycles. The van der Waals surface area contributed by atoms with Gasteiger partial charge in [0, 0.05) is 14.0 Å². The molecule has 0 aromatic heterocycles. The fourth-order valence-corrected chi connectivity index (χ4v) is 1.02. The van der Waals surface area contributed by atoms with Crippen molar-refractivity contribution in [3.8, 4) is 0 Å². The quantitative estimate of drug-likeness (QED) is 0.548. The van der Waals surface area contributed by atoms with E-state index in [1.54, 1.807) is 0 Å². The topological polar surface area (TPSA) is 116 Å². The number of likely N-dealkylation sites (N-methyl/N-ethyl adjacent to an activating group) is 1. The van der Waals surface area contributed by atoms with Gasteiger partial charge in [-0.25, -0.2) is 4.79 Å². The van der Waals surface area contributed by atoms with E-state index in [1.807, 2.05) is 0 Å². The molecule has 3 amide bonds. The summed E-state index contributed by atoms with van der Waals surface area (Å²) in [6.45, 7) is 3.47. The van der Waals surface area contributed by atoms with E-state index in [2.05, 4.69) is 10.6 Å². The van der Waals surface area contributed by atoms with Crippen LogP contribution in [0.5, 0.6) is 0 Å². The highest BCUT2D eigenvalue weighted by atomic mass is 16.4. The Kier molecular flexibility index (Phi) is 5.97. The van der Waals surface area contributed by atoms with Crippen molar-refractivity contribution < 1.29 is 24.3 Å². The van der Waals surface area contributed by atoms with Gasteiger partial charge in [-0.15, -0.1) is 0 Å². The number of hydrogen-bond donors (Lipinski definition) is 3. The van der Waals surface area contributed by atoms with Gasteiger partial charge in [0.1, 0.15) is 5.54 Å². The number of carbonyl (C=O) groups is 4. The smallest absolute Gasteiger partial charge is 0.329 e. The molecule has 0 bridgehead atoms. The van der Waals surface area contributed by atoms with Gasteiger partial charge in [0.15, 0.2) is 0 Å². The van der Waals surface area contributed by atoms with Crippen molar-refractivity contribution >= 4 is 23.7 Å². The largest absolute Gasteiger partial charge is 0.480 e. The zero-order valence-electron chi connectivity index (χ0n) is 11.4. The van der Waals surface area contributed by atoms with E-state index in [4.69, 9.17) is 5.11 Å². The Balaban J connectivity index is 4.29. The molecule has 0 heterocycles. The molecule has 19 heavy (non-hydrogen) atoms. The van der Waals surface area contributed by atoms with Crippen molar-refractivity contribution in [3.05, 3.63) is 0 Å². The number of carbonyl (C=O) groups excluding carboxylic acids is 3. The maximum atomic E-state index is 11.7. The summed E-state index contributed by atoms with van der Waals surface area (Å²) in [5.74, 6) is -2.56. The van der Waals surface area contributed by atoms with Gasteiger partial charge in [0.2, 0.25) is 17.7 Å². The fourth-order valence-electron chi connectivity index (χ4n) is 1.02. The molecule has 8 nitrogen and oxygen atoms in total. The second-order valence-electron chi connectivity index (χ2n) is 4.50. The first-order chi connectivity index (χ1) is 8.59. The molecule has 0 atom stereocenters. The van der Waals surface area contributed by atoms with Crippen LogP contribution in [-0.4, -0.2) is 59.4 Å². The third-order valence-electron chi connectivity index (χ3n) is 2.67. The molecule has 0 saturated carbocycles. The van der Waals surface area contributed by atoms with Crippen molar-refractivity contribution in [1.82, 2.24) is 15.5 Å². The minimum absolute atomic E-state index is 0.228. The van der Waals surface area contributed by atoms with E-state index in [0.29, 0.717) is 0 Å². The Hall–Kier alpha value is -2.12. The minimum atomic E-state index is -1.36. The zero-order chi connectivity index (χ0) is 15.2. The summed E-state index contributed by atoms with van der Waals surface area (Å²) in [6.07, 6.45) is 0. The van der Waals surface area contributed by atoms with E-state index in [-0.39, 0.29) is 19.0 Å². The van der Waals surface area contributed by atoms with Gasteiger partial charge in [0.05, 0.1) is 13.1 Å². The van der Waals surface area contributed by atoms with Crippen molar-refractivity contribution in [2.45, 2.75) is 26.3 Å². The van der Waals surface area contributed by atoms with Gasteiger partial charge in [0.25, 0.3) is 0 Å². The number of carboxylic acid groups (broad SMARTS) is 1. The Bertz CT molecular complexity index is 392. The summed E-state index contributed by atoms with van der Waals surface area (Å²) in [5.41, 5.74) is -1.36. The molecule has 108 valence electrons. The van der Waals surface area contributed by atoms with Crippen molar-refractivity contribution in [1.29, 1.82) is 0 Å². The Morgan fingerprint density at radius 2 is 1.63 bits per heavy atom. The van der Waals surface area contributed by atoms with Crippen LogP contribution < -0.4 is 10.6 Å². The number of carboxylic acids is 1. The average molecular weight is 273 g/mol. The van der Waals surface area contributed by atoms with Crippen LogP contribution in [0.2, 0.25) is 0 Å². The van der Waals surface area contributed by atoms with Gasteiger partial charge < -0.3 is 20.6 Å². The number of hydrogen-bond acceptors (Lipinski definition) is 4. The van der Waals surface area contributed by atoms with E-state index in [1.165, 1.54) is 27.8 Å². The Morgan fingerprint density at radius 3 is 2.05 bits per heavy atom. The molecule has 0 spiro atoms. The third-order valence-corrected chi connectivity index (χ3v) is 2.67. The van der Waals surface area contributed by atoms with Crippen LogP contribution in [0.1, 0.15) is 20.8 Å². The summed E-state index contributed by atoms with van der Waals surface area (Å²) in [7, 11) is 1.34. The molecule has 0 radical (unpaired) electrons. The Labute approximate surface area is 111 Å². The number of aliphatic carboxylic acids is 1. The predicted octanol–water partition coefficient (Wildman–Crippen LogP) is -1.44. The highest BCUT2D eigenvalue weighted by Crippen LogP contribution is 2.11. The summed E-state index contributed by atoms with van der Waals surface area (Å²) in [4.78, 5) is 45.5. The van der Waals surface area contributed by atoms with Crippen LogP contribution in [0.3, 0.4) is 0 Å². The third kappa shape index (κ3) is 5.36. The number of amides is 3. The Morgan fingerprint density at radius 1 is 1.11 bits per heavy atom. The molecule has 0 saturated heterocycles. The lowest BCUT2D eigenvalue weighted by Crippen LogP contribution is -2.53. The number of nitrogens with one attached hydrogen (secondary N) is 2. The van der Waals surface area contributed by atoms with E-state index in [9.17, 15) is 19.2 Å². The summed E-state index contributed by atoms with van der Waals surface area (Å²) < 4.78 is 0. The normalized spacial score (nSPS) is 10.5. The molecule has 0 fully saturated rings. The molecule has 8 heteroatoms. The van der Waals surface area contributed by atoms with Crippen LogP contribution in [-0.2, 0) is 19.2 Å². The van der Waals surface area contributed by atoms with Crippen molar-refractivity contribution in [2.75, 3.05) is 20.1 Å². The van der Waals surface area contributed by atoms with Gasteiger partial charge in [-0.05, 0) is 13.8 Å². The number of nitrogens with zero attached hydrogens (tertiary/aromatic N) is 1.